The lowest BCUT2D eigenvalue weighted by molar-refractivity contribution is 0.685. The second-order valence-electron chi connectivity index (χ2n) is 4.67. The fourth-order valence-electron chi connectivity index (χ4n) is 2.53. The molecule has 92 valence electrons. The zero-order chi connectivity index (χ0) is 12.3. The summed E-state index contributed by atoms with van der Waals surface area (Å²) in [6.45, 7) is 6.61. The zero-order valence-electron chi connectivity index (χ0n) is 10.6. The van der Waals surface area contributed by atoms with Gasteiger partial charge < -0.3 is 5.32 Å². The van der Waals surface area contributed by atoms with Crippen molar-refractivity contribution in [1.29, 1.82) is 0 Å². The third-order valence-corrected chi connectivity index (χ3v) is 4.34. The minimum absolute atomic E-state index is 1.02. The van der Waals surface area contributed by atoms with Gasteiger partial charge in [-0.05, 0) is 49.1 Å². The van der Waals surface area contributed by atoms with E-state index in [-0.39, 0.29) is 0 Å². The molecular weight excluding hydrogens is 274 g/mol. The molecule has 1 heterocycles. The second-order valence-corrected chi connectivity index (χ2v) is 5.53. The van der Waals surface area contributed by atoms with Gasteiger partial charge in [-0.15, -0.1) is 0 Å². The van der Waals surface area contributed by atoms with Gasteiger partial charge in [-0.3, -0.25) is 0 Å². The SMILES string of the molecule is CCCC1=C(c2cccc(Br)c2C)CNCC1. The van der Waals surface area contributed by atoms with E-state index in [1.54, 1.807) is 5.57 Å². The van der Waals surface area contributed by atoms with Crippen LogP contribution in [0.15, 0.2) is 28.2 Å². The van der Waals surface area contributed by atoms with E-state index in [4.69, 9.17) is 0 Å². The van der Waals surface area contributed by atoms with Crippen molar-refractivity contribution in [3.63, 3.8) is 0 Å². The Morgan fingerprint density at radius 3 is 2.94 bits per heavy atom. The number of rotatable bonds is 3. The molecule has 0 spiro atoms. The molecule has 0 bridgehead atoms. The predicted octanol–water partition coefficient (Wildman–Crippen LogP) is 4.30. The third-order valence-electron chi connectivity index (χ3n) is 3.48. The maximum Gasteiger partial charge on any atom is 0.0211 e. The van der Waals surface area contributed by atoms with E-state index in [9.17, 15) is 0 Å². The molecule has 0 atom stereocenters. The maximum absolute atomic E-state index is 3.63. The van der Waals surface area contributed by atoms with E-state index in [2.05, 4.69) is 53.3 Å². The Hall–Kier alpha value is -0.600. The van der Waals surface area contributed by atoms with E-state index in [1.165, 1.54) is 40.4 Å². The van der Waals surface area contributed by atoms with Gasteiger partial charge in [0.1, 0.15) is 0 Å². The van der Waals surface area contributed by atoms with Crippen molar-refractivity contribution in [1.82, 2.24) is 5.32 Å². The quantitative estimate of drug-likeness (QED) is 0.876. The molecule has 2 rings (SSSR count). The Labute approximate surface area is 112 Å². The van der Waals surface area contributed by atoms with Gasteiger partial charge in [0.15, 0.2) is 0 Å². The van der Waals surface area contributed by atoms with Gasteiger partial charge in [0.2, 0.25) is 0 Å². The van der Waals surface area contributed by atoms with E-state index in [0.29, 0.717) is 0 Å². The van der Waals surface area contributed by atoms with Crippen LogP contribution in [-0.2, 0) is 0 Å². The van der Waals surface area contributed by atoms with Crippen LogP contribution in [0.2, 0.25) is 0 Å². The number of benzene rings is 1. The lowest BCUT2D eigenvalue weighted by Crippen LogP contribution is -2.24. The minimum Gasteiger partial charge on any atom is -0.312 e. The van der Waals surface area contributed by atoms with Gasteiger partial charge in [-0.25, -0.2) is 0 Å². The van der Waals surface area contributed by atoms with Crippen molar-refractivity contribution < 1.29 is 0 Å². The van der Waals surface area contributed by atoms with Crippen LogP contribution >= 0.6 is 15.9 Å². The molecule has 0 aromatic heterocycles. The molecule has 0 saturated carbocycles. The molecule has 1 aromatic carbocycles. The molecule has 0 radical (unpaired) electrons. The minimum atomic E-state index is 1.02. The molecule has 1 aliphatic rings. The van der Waals surface area contributed by atoms with Gasteiger partial charge in [-0.1, -0.05) is 47.0 Å². The highest BCUT2D eigenvalue weighted by atomic mass is 79.9. The van der Waals surface area contributed by atoms with Crippen molar-refractivity contribution in [3.8, 4) is 0 Å². The van der Waals surface area contributed by atoms with Crippen molar-refractivity contribution in [3.05, 3.63) is 39.4 Å². The van der Waals surface area contributed by atoms with E-state index < -0.39 is 0 Å². The summed E-state index contributed by atoms with van der Waals surface area (Å²) in [5.74, 6) is 0. The molecule has 0 aliphatic carbocycles. The molecule has 0 fully saturated rings. The lowest BCUT2D eigenvalue weighted by Gasteiger charge is -2.23. The Bertz CT molecular complexity index is 435. The highest BCUT2D eigenvalue weighted by molar-refractivity contribution is 9.10. The first-order valence-electron chi connectivity index (χ1n) is 6.41. The molecule has 2 heteroatoms. The Morgan fingerprint density at radius 1 is 1.35 bits per heavy atom. The zero-order valence-corrected chi connectivity index (χ0v) is 12.2. The fourth-order valence-corrected chi connectivity index (χ4v) is 2.89. The first kappa shape index (κ1) is 12.8. The van der Waals surface area contributed by atoms with E-state index >= 15 is 0 Å². The monoisotopic (exact) mass is 293 g/mol. The number of hydrogen-bond acceptors (Lipinski definition) is 1. The van der Waals surface area contributed by atoms with Crippen molar-refractivity contribution in [2.75, 3.05) is 13.1 Å². The Morgan fingerprint density at radius 2 is 2.18 bits per heavy atom. The summed E-state index contributed by atoms with van der Waals surface area (Å²) in [4.78, 5) is 0. The molecule has 1 N–H and O–H groups in total. The molecule has 0 amide bonds. The van der Waals surface area contributed by atoms with Crippen LogP contribution in [0.5, 0.6) is 0 Å². The number of nitrogens with one attached hydrogen (secondary N) is 1. The van der Waals surface area contributed by atoms with Crippen molar-refractivity contribution in [2.45, 2.75) is 33.1 Å². The molecular formula is C15H20BrN. The van der Waals surface area contributed by atoms with Gasteiger partial charge in [0, 0.05) is 11.0 Å². The van der Waals surface area contributed by atoms with E-state index in [0.717, 1.165) is 13.1 Å². The van der Waals surface area contributed by atoms with Crippen molar-refractivity contribution >= 4 is 21.5 Å². The summed E-state index contributed by atoms with van der Waals surface area (Å²) in [5, 5.41) is 3.50. The molecule has 0 unspecified atom stereocenters. The van der Waals surface area contributed by atoms with Gasteiger partial charge in [0.25, 0.3) is 0 Å². The third kappa shape index (κ3) is 2.80. The smallest absolute Gasteiger partial charge is 0.0211 e. The summed E-state index contributed by atoms with van der Waals surface area (Å²) >= 11 is 3.63. The highest BCUT2D eigenvalue weighted by Crippen LogP contribution is 2.31. The number of halogens is 1. The predicted molar refractivity (Wildman–Crippen MR) is 78.2 cm³/mol. The molecule has 17 heavy (non-hydrogen) atoms. The second kappa shape index (κ2) is 5.83. The number of hydrogen-bond donors (Lipinski definition) is 1. The molecule has 0 saturated heterocycles. The van der Waals surface area contributed by atoms with Crippen LogP contribution in [0.1, 0.15) is 37.3 Å². The Kier molecular flexibility index (Phi) is 4.41. The summed E-state index contributed by atoms with van der Waals surface area (Å²) < 4.78 is 1.21. The molecule has 1 aromatic rings. The van der Waals surface area contributed by atoms with Gasteiger partial charge in [0.05, 0.1) is 0 Å². The summed E-state index contributed by atoms with van der Waals surface area (Å²) in [5.41, 5.74) is 5.94. The lowest BCUT2D eigenvalue weighted by atomic mass is 9.90. The van der Waals surface area contributed by atoms with Crippen LogP contribution in [0.25, 0.3) is 5.57 Å². The fraction of sp³-hybridized carbons (Fsp3) is 0.467. The van der Waals surface area contributed by atoms with Crippen LogP contribution < -0.4 is 5.32 Å². The van der Waals surface area contributed by atoms with Crippen LogP contribution in [0.4, 0.5) is 0 Å². The van der Waals surface area contributed by atoms with Crippen LogP contribution in [0.3, 0.4) is 0 Å². The van der Waals surface area contributed by atoms with Crippen molar-refractivity contribution in [2.24, 2.45) is 0 Å². The summed E-state index contributed by atoms with van der Waals surface area (Å²) in [6, 6.07) is 6.50. The van der Waals surface area contributed by atoms with Crippen LogP contribution in [0, 0.1) is 6.92 Å². The largest absolute Gasteiger partial charge is 0.312 e. The summed E-state index contributed by atoms with van der Waals surface area (Å²) in [6.07, 6.45) is 3.68. The first-order valence-corrected chi connectivity index (χ1v) is 7.20. The van der Waals surface area contributed by atoms with Gasteiger partial charge >= 0.3 is 0 Å². The van der Waals surface area contributed by atoms with Crippen LogP contribution in [-0.4, -0.2) is 13.1 Å². The molecule has 1 nitrogen and oxygen atoms in total. The average molecular weight is 294 g/mol. The topological polar surface area (TPSA) is 12.0 Å². The Balaban J connectivity index is 2.45. The average Bonchev–Trinajstić information content (AvgIpc) is 2.34. The standard InChI is InChI=1S/C15H20BrN/c1-3-5-12-8-9-17-10-14(12)13-6-4-7-15(16)11(13)2/h4,6-7,17H,3,5,8-10H2,1-2H3. The van der Waals surface area contributed by atoms with E-state index in [1.807, 2.05) is 0 Å². The first-order chi connectivity index (χ1) is 8.24. The highest BCUT2D eigenvalue weighted by Gasteiger charge is 2.15. The summed E-state index contributed by atoms with van der Waals surface area (Å²) in [7, 11) is 0. The maximum atomic E-state index is 3.63. The normalized spacial score (nSPS) is 16.4. The van der Waals surface area contributed by atoms with Gasteiger partial charge in [-0.2, -0.15) is 0 Å². The molecule has 1 aliphatic heterocycles.